The van der Waals surface area contributed by atoms with E-state index in [1.165, 1.54) is 0 Å². The van der Waals surface area contributed by atoms with Gasteiger partial charge in [0, 0.05) is 38.3 Å². The van der Waals surface area contributed by atoms with E-state index in [2.05, 4.69) is 15.0 Å². The molecule has 0 aromatic heterocycles. The van der Waals surface area contributed by atoms with Crippen molar-refractivity contribution in [3.05, 3.63) is 34.9 Å². The molecule has 1 aromatic rings. The van der Waals surface area contributed by atoms with Crippen LogP contribution in [0.5, 0.6) is 0 Å². The number of aliphatic imine (C=N–C) groups is 1. The Kier molecular flexibility index (Phi) is 9.50. The lowest BCUT2D eigenvalue weighted by Gasteiger charge is -2.23. The van der Waals surface area contributed by atoms with Crippen molar-refractivity contribution in [1.29, 1.82) is 0 Å². The van der Waals surface area contributed by atoms with Crippen LogP contribution in [0.25, 0.3) is 0 Å². The molecule has 0 amide bonds. The molecule has 2 rings (SSSR count). The number of rotatable bonds is 9. The molecule has 0 radical (unpaired) electrons. The third-order valence-electron chi connectivity index (χ3n) is 4.49. The molecule has 1 aliphatic rings. The number of guanidine groups is 1. The number of sulfonamides is 1. The molecule has 2 N–H and O–H groups in total. The molecule has 1 unspecified atom stereocenters. The predicted octanol–water partition coefficient (Wildman–Crippen LogP) is 2.23. The first-order valence-electron chi connectivity index (χ1n) is 9.73. The zero-order chi connectivity index (χ0) is 20.4. The van der Waals surface area contributed by atoms with Gasteiger partial charge >= 0.3 is 0 Å². The van der Waals surface area contributed by atoms with E-state index in [-0.39, 0.29) is 18.4 Å². The maximum absolute atomic E-state index is 12.2. The SMILES string of the molecule is CCNC(=NCCS(=O)(=O)NCC1CCCCO1)N(C)Cc1ccccc1Cl. The highest BCUT2D eigenvalue weighted by Crippen LogP contribution is 2.16. The van der Waals surface area contributed by atoms with E-state index in [4.69, 9.17) is 16.3 Å². The first-order chi connectivity index (χ1) is 13.4. The number of halogens is 1. The van der Waals surface area contributed by atoms with E-state index in [0.717, 1.165) is 24.8 Å². The van der Waals surface area contributed by atoms with E-state index < -0.39 is 10.0 Å². The molecule has 1 heterocycles. The van der Waals surface area contributed by atoms with Crippen molar-refractivity contribution in [3.63, 3.8) is 0 Å². The summed E-state index contributed by atoms with van der Waals surface area (Å²) in [6.45, 7) is 4.46. The summed E-state index contributed by atoms with van der Waals surface area (Å²) < 4.78 is 32.7. The minimum atomic E-state index is -3.39. The minimum absolute atomic E-state index is 0.0221. The second kappa shape index (κ2) is 11.6. The van der Waals surface area contributed by atoms with Gasteiger partial charge in [-0.25, -0.2) is 13.1 Å². The minimum Gasteiger partial charge on any atom is -0.377 e. The molecule has 158 valence electrons. The van der Waals surface area contributed by atoms with Crippen molar-refractivity contribution in [2.75, 3.05) is 39.0 Å². The molecule has 1 aliphatic heterocycles. The van der Waals surface area contributed by atoms with Crippen molar-refractivity contribution in [1.82, 2.24) is 14.9 Å². The first-order valence-corrected chi connectivity index (χ1v) is 11.8. The van der Waals surface area contributed by atoms with Crippen LogP contribution < -0.4 is 10.0 Å². The van der Waals surface area contributed by atoms with Gasteiger partial charge in [0.1, 0.15) is 0 Å². The first kappa shape index (κ1) is 22.9. The second-order valence-electron chi connectivity index (χ2n) is 6.84. The highest BCUT2D eigenvalue weighted by molar-refractivity contribution is 7.89. The highest BCUT2D eigenvalue weighted by Gasteiger charge is 2.17. The molecule has 9 heteroatoms. The van der Waals surface area contributed by atoms with E-state index in [1.54, 1.807) is 0 Å². The molecule has 0 bridgehead atoms. The summed E-state index contributed by atoms with van der Waals surface area (Å²) in [5.41, 5.74) is 0.985. The maximum Gasteiger partial charge on any atom is 0.213 e. The standard InChI is InChI=1S/C19H31ClN4O3S/c1-3-21-19(24(2)15-16-8-4-5-10-18(16)20)22-11-13-28(25,26)23-14-17-9-6-7-12-27-17/h4-5,8,10,17,23H,3,6-7,9,11-15H2,1-2H3,(H,21,22). The van der Waals surface area contributed by atoms with Crippen LogP contribution in [0.4, 0.5) is 0 Å². The van der Waals surface area contributed by atoms with Crippen molar-refractivity contribution in [3.8, 4) is 0 Å². The fraction of sp³-hybridized carbons (Fsp3) is 0.632. The molecule has 1 fully saturated rings. The average Bonchev–Trinajstić information content (AvgIpc) is 2.68. The Hall–Kier alpha value is -1.35. The van der Waals surface area contributed by atoms with Crippen molar-refractivity contribution in [2.45, 2.75) is 38.8 Å². The monoisotopic (exact) mass is 430 g/mol. The average molecular weight is 431 g/mol. The molecular formula is C19H31ClN4O3S. The number of ether oxygens (including phenoxy) is 1. The summed E-state index contributed by atoms with van der Waals surface area (Å²) in [6, 6.07) is 7.64. The fourth-order valence-corrected chi connectivity index (χ4v) is 4.07. The van der Waals surface area contributed by atoms with Crippen LogP contribution in [-0.4, -0.2) is 64.4 Å². The zero-order valence-electron chi connectivity index (χ0n) is 16.7. The quantitative estimate of drug-likeness (QED) is 0.463. The molecule has 28 heavy (non-hydrogen) atoms. The number of hydrogen-bond acceptors (Lipinski definition) is 4. The molecule has 1 atom stereocenters. The maximum atomic E-state index is 12.2. The molecule has 0 spiro atoms. The van der Waals surface area contributed by atoms with Crippen LogP contribution in [0.15, 0.2) is 29.3 Å². The van der Waals surface area contributed by atoms with Gasteiger partial charge < -0.3 is 15.0 Å². The lowest BCUT2D eigenvalue weighted by molar-refractivity contribution is 0.0200. The Morgan fingerprint density at radius 3 is 2.82 bits per heavy atom. The Morgan fingerprint density at radius 2 is 2.14 bits per heavy atom. The number of hydrogen-bond donors (Lipinski definition) is 2. The normalized spacial score (nSPS) is 18.1. The third kappa shape index (κ3) is 7.95. The molecular weight excluding hydrogens is 400 g/mol. The van der Waals surface area contributed by atoms with Crippen LogP contribution in [0.1, 0.15) is 31.7 Å². The van der Waals surface area contributed by atoms with Gasteiger partial charge in [-0.1, -0.05) is 29.8 Å². The largest absolute Gasteiger partial charge is 0.377 e. The van der Waals surface area contributed by atoms with Gasteiger partial charge in [-0.05, 0) is 37.8 Å². The molecule has 0 aliphatic carbocycles. The Labute approximate surface area is 173 Å². The summed E-state index contributed by atoms with van der Waals surface area (Å²) in [4.78, 5) is 6.39. The number of benzene rings is 1. The highest BCUT2D eigenvalue weighted by atomic mass is 35.5. The summed E-state index contributed by atoms with van der Waals surface area (Å²) in [7, 11) is -1.49. The van der Waals surface area contributed by atoms with Crippen molar-refractivity contribution < 1.29 is 13.2 Å². The van der Waals surface area contributed by atoms with Gasteiger partial charge in [-0.2, -0.15) is 0 Å². The van der Waals surface area contributed by atoms with Crippen molar-refractivity contribution >= 4 is 27.6 Å². The predicted molar refractivity (Wildman–Crippen MR) is 114 cm³/mol. The zero-order valence-corrected chi connectivity index (χ0v) is 18.2. The molecule has 1 aromatic carbocycles. The summed E-state index contributed by atoms with van der Waals surface area (Å²) in [6.07, 6.45) is 3.01. The van der Waals surface area contributed by atoms with Crippen LogP contribution in [0.2, 0.25) is 5.02 Å². The molecule has 1 saturated heterocycles. The smallest absolute Gasteiger partial charge is 0.213 e. The Bertz CT molecular complexity index is 736. The van der Waals surface area contributed by atoms with Gasteiger partial charge in [0.15, 0.2) is 5.96 Å². The molecule has 0 saturated carbocycles. The van der Waals surface area contributed by atoms with Crippen LogP contribution in [0.3, 0.4) is 0 Å². The van der Waals surface area contributed by atoms with E-state index in [9.17, 15) is 8.42 Å². The summed E-state index contributed by atoms with van der Waals surface area (Å²) in [5.74, 6) is 0.586. The lowest BCUT2D eigenvalue weighted by atomic mass is 10.1. The van der Waals surface area contributed by atoms with Gasteiger partial charge in [0.25, 0.3) is 0 Å². The van der Waals surface area contributed by atoms with Crippen LogP contribution >= 0.6 is 11.6 Å². The molecule has 7 nitrogen and oxygen atoms in total. The fourth-order valence-electron chi connectivity index (χ4n) is 2.96. The van der Waals surface area contributed by atoms with Crippen molar-refractivity contribution in [2.24, 2.45) is 4.99 Å². The van der Waals surface area contributed by atoms with E-state index in [0.29, 0.717) is 37.2 Å². The van der Waals surface area contributed by atoms with Gasteiger partial charge in [0.2, 0.25) is 10.0 Å². The number of nitrogens with zero attached hydrogens (tertiary/aromatic N) is 2. The Balaban J connectivity index is 1.87. The van der Waals surface area contributed by atoms with E-state index >= 15 is 0 Å². The topological polar surface area (TPSA) is 83.0 Å². The van der Waals surface area contributed by atoms with Gasteiger partial charge in [-0.15, -0.1) is 0 Å². The Morgan fingerprint density at radius 1 is 1.36 bits per heavy atom. The third-order valence-corrected chi connectivity index (χ3v) is 6.18. The van der Waals surface area contributed by atoms with E-state index in [1.807, 2.05) is 43.1 Å². The van der Waals surface area contributed by atoms with Crippen LogP contribution in [0, 0.1) is 0 Å². The lowest BCUT2D eigenvalue weighted by Crippen LogP contribution is -2.39. The van der Waals surface area contributed by atoms with Gasteiger partial charge in [0.05, 0.1) is 18.4 Å². The number of nitrogens with one attached hydrogen (secondary N) is 2. The van der Waals surface area contributed by atoms with Gasteiger partial charge in [-0.3, -0.25) is 4.99 Å². The second-order valence-corrected chi connectivity index (χ2v) is 9.17. The summed E-state index contributed by atoms with van der Waals surface area (Å²) in [5, 5.41) is 3.89. The van der Waals surface area contributed by atoms with Crippen LogP contribution in [-0.2, 0) is 21.3 Å². The summed E-state index contributed by atoms with van der Waals surface area (Å²) >= 11 is 6.23.